The fourth-order valence-corrected chi connectivity index (χ4v) is 4.74. The molecule has 4 heterocycles. The Kier molecular flexibility index (Phi) is 7.81. The lowest BCUT2D eigenvalue weighted by molar-refractivity contribution is 0.168. The van der Waals surface area contributed by atoms with Crippen LogP contribution in [0.5, 0.6) is 0 Å². The molecule has 6 nitrogen and oxygen atoms in total. The van der Waals surface area contributed by atoms with Crippen molar-refractivity contribution >= 4 is 29.9 Å². The lowest BCUT2D eigenvalue weighted by Crippen LogP contribution is -2.44. The van der Waals surface area contributed by atoms with Gasteiger partial charge >= 0.3 is 0 Å². The Labute approximate surface area is 180 Å². The Morgan fingerprint density at radius 2 is 1.96 bits per heavy atom. The minimum absolute atomic E-state index is 0. The first-order chi connectivity index (χ1) is 12.8. The number of guanidine groups is 1. The molecular formula is C20H35IN6. The quantitative estimate of drug-likeness (QED) is 0.404. The highest BCUT2D eigenvalue weighted by Gasteiger charge is 2.29. The third-order valence-electron chi connectivity index (χ3n) is 6.20. The summed E-state index contributed by atoms with van der Waals surface area (Å²) >= 11 is 0. The predicted octanol–water partition coefficient (Wildman–Crippen LogP) is 2.52. The molecule has 0 amide bonds. The molecule has 2 fully saturated rings. The van der Waals surface area contributed by atoms with Crippen LogP contribution in [0.15, 0.2) is 11.2 Å². The summed E-state index contributed by atoms with van der Waals surface area (Å²) in [7, 11) is 1.91. The van der Waals surface area contributed by atoms with E-state index in [0.717, 1.165) is 45.0 Å². The number of likely N-dealkylation sites (tertiary alicyclic amines) is 2. The molecule has 3 aliphatic rings. The minimum atomic E-state index is 0. The van der Waals surface area contributed by atoms with Crippen molar-refractivity contribution in [1.82, 2.24) is 24.7 Å². The van der Waals surface area contributed by atoms with Gasteiger partial charge in [0.1, 0.15) is 5.82 Å². The third-order valence-corrected chi connectivity index (χ3v) is 6.20. The molecule has 27 heavy (non-hydrogen) atoms. The summed E-state index contributed by atoms with van der Waals surface area (Å²) in [5.41, 5.74) is 1.22. The largest absolute Gasteiger partial charge is 0.356 e. The van der Waals surface area contributed by atoms with Crippen molar-refractivity contribution in [2.75, 3.05) is 39.8 Å². The first-order valence-corrected chi connectivity index (χ1v) is 10.6. The van der Waals surface area contributed by atoms with Gasteiger partial charge in [-0.3, -0.25) is 9.89 Å². The molecule has 152 valence electrons. The van der Waals surface area contributed by atoms with E-state index in [1.54, 1.807) is 0 Å². The highest BCUT2D eigenvalue weighted by atomic mass is 127. The van der Waals surface area contributed by atoms with Gasteiger partial charge < -0.3 is 14.8 Å². The maximum Gasteiger partial charge on any atom is 0.193 e. The van der Waals surface area contributed by atoms with E-state index in [-0.39, 0.29) is 24.0 Å². The molecule has 2 saturated heterocycles. The number of halogens is 1. The molecule has 1 unspecified atom stereocenters. The molecule has 1 aromatic heterocycles. The van der Waals surface area contributed by atoms with E-state index >= 15 is 0 Å². The van der Waals surface area contributed by atoms with Gasteiger partial charge in [-0.25, -0.2) is 4.98 Å². The van der Waals surface area contributed by atoms with E-state index in [0.29, 0.717) is 6.04 Å². The van der Waals surface area contributed by atoms with Crippen LogP contribution in [0.4, 0.5) is 0 Å². The second kappa shape index (κ2) is 10.1. The lowest BCUT2D eigenvalue weighted by atomic mass is 10.1. The second-order valence-corrected chi connectivity index (χ2v) is 8.01. The van der Waals surface area contributed by atoms with E-state index in [1.807, 2.05) is 7.05 Å². The van der Waals surface area contributed by atoms with Crippen molar-refractivity contribution in [3.05, 3.63) is 17.7 Å². The number of aryl methyl sites for hydroxylation is 2. The summed E-state index contributed by atoms with van der Waals surface area (Å²) in [4.78, 5) is 14.5. The number of rotatable bonds is 4. The van der Waals surface area contributed by atoms with E-state index < -0.39 is 0 Å². The van der Waals surface area contributed by atoms with Crippen molar-refractivity contribution < 1.29 is 0 Å². The van der Waals surface area contributed by atoms with Crippen LogP contribution in [0.2, 0.25) is 0 Å². The molecular weight excluding hydrogens is 451 g/mol. The average Bonchev–Trinajstić information content (AvgIpc) is 3.33. The molecule has 7 heteroatoms. The maximum absolute atomic E-state index is 4.81. The Morgan fingerprint density at radius 1 is 1.15 bits per heavy atom. The monoisotopic (exact) mass is 486 g/mol. The maximum atomic E-state index is 4.81. The van der Waals surface area contributed by atoms with Gasteiger partial charge in [0.15, 0.2) is 5.96 Å². The van der Waals surface area contributed by atoms with Crippen molar-refractivity contribution in [3.63, 3.8) is 0 Å². The van der Waals surface area contributed by atoms with E-state index in [2.05, 4.69) is 30.9 Å². The van der Waals surface area contributed by atoms with Gasteiger partial charge in [0.2, 0.25) is 0 Å². The van der Waals surface area contributed by atoms with Crippen LogP contribution >= 0.6 is 24.0 Å². The first kappa shape index (κ1) is 20.9. The van der Waals surface area contributed by atoms with Gasteiger partial charge in [-0.2, -0.15) is 0 Å². The van der Waals surface area contributed by atoms with Crippen LogP contribution in [0.25, 0.3) is 0 Å². The summed E-state index contributed by atoms with van der Waals surface area (Å²) in [6.07, 6.45) is 12.4. The van der Waals surface area contributed by atoms with Crippen LogP contribution in [0.1, 0.15) is 50.0 Å². The Bertz CT molecular complexity index is 598. The topological polar surface area (TPSA) is 48.7 Å². The number of nitrogens with one attached hydrogen (secondary N) is 1. The Hall–Kier alpha value is -0.830. The highest BCUT2D eigenvalue weighted by Crippen LogP contribution is 2.20. The number of fused-ring (bicyclic) bond motifs is 1. The van der Waals surface area contributed by atoms with Crippen molar-refractivity contribution in [1.29, 1.82) is 0 Å². The third kappa shape index (κ3) is 5.16. The van der Waals surface area contributed by atoms with Gasteiger partial charge in [-0.1, -0.05) is 6.42 Å². The molecule has 0 aromatic carbocycles. The van der Waals surface area contributed by atoms with E-state index in [1.165, 1.54) is 63.1 Å². The normalized spacial score (nSPS) is 23.8. The zero-order chi connectivity index (χ0) is 17.8. The number of hydrogen-bond acceptors (Lipinski definition) is 3. The zero-order valence-corrected chi connectivity index (χ0v) is 19.0. The van der Waals surface area contributed by atoms with Gasteiger partial charge in [-0.15, -0.1) is 24.0 Å². The molecule has 4 rings (SSSR count). The summed E-state index contributed by atoms with van der Waals surface area (Å²) in [5, 5.41) is 3.57. The van der Waals surface area contributed by atoms with Crippen molar-refractivity contribution in [2.24, 2.45) is 4.99 Å². The minimum Gasteiger partial charge on any atom is -0.356 e. The summed E-state index contributed by atoms with van der Waals surface area (Å²) in [5.74, 6) is 2.34. The average molecular weight is 486 g/mol. The smallest absolute Gasteiger partial charge is 0.193 e. The van der Waals surface area contributed by atoms with Gasteiger partial charge in [-0.05, 0) is 45.2 Å². The number of piperidine rings is 1. The molecule has 0 saturated carbocycles. The SMILES string of the molecule is CN=C(NCCc1cn2c(n1)CCCC2)N1CCC(N2CCCCC2)C1.I. The molecule has 1 aromatic rings. The van der Waals surface area contributed by atoms with Crippen molar-refractivity contribution in [2.45, 2.75) is 64.0 Å². The first-order valence-electron chi connectivity index (χ1n) is 10.6. The van der Waals surface area contributed by atoms with E-state index in [9.17, 15) is 0 Å². The molecule has 1 N–H and O–H groups in total. The standard InChI is InChI=1S/C20H34N6.HI/c1-21-20(26-14-9-18(16-26)24-11-4-2-5-12-24)22-10-8-17-15-25-13-6-3-7-19(25)23-17;/h15,18H,2-14,16H2,1H3,(H,21,22);1H. The van der Waals surface area contributed by atoms with Crippen LogP contribution in [-0.2, 0) is 19.4 Å². The molecule has 1 atom stereocenters. The molecule has 3 aliphatic heterocycles. The van der Waals surface area contributed by atoms with Gasteiger partial charge in [0.25, 0.3) is 0 Å². The number of aromatic nitrogens is 2. The Morgan fingerprint density at radius 3 is 2.74 bits per heavy atom. The number of aliphatic imine (C=N–C) groups is 1. The fourth-order valence-electron chi connectivity index (χ4n) is 4.74. The number of nitrogens with zero attached hydrogens (tertiary/aromatic N) is 5. The predicted molar refractivity (Wildman–Crippen MR) is 121 cm³/mol. The number of imidazole rings is 1. The van der Waals surface area contributed by atoms with Crippen LogP contribution < -0.4 is 5.32 Å². The lowest BCUT2D eigenvalue weighted by Gasteiger charge is -2.32. The summed E-state index contributed by atoms with van der Waals surface area (Å²) < 4.78 is 2.34. The Balaban J connectivity index is 0.00000210. The second-order valence-electron chi connectivity index (χ2n) is 8.01. The molecule has 0 spiro atoms. The molecule has 0 bridgehead atoms. The van der Waals surface area contributed by atoms with Crippen LogP contribution in [0.3, 0.4) is 0 Å². The van der Waals surface area contributed by atoms with Crippen LogP contribution in [0, 0.1) is 0 Å². The fraction of sp³-hybridized carbons (Fsp3) is 0.800. The van der Waals surface area contributed by atoms with Gasteiger partial charge in [0, 0.05) is 58.3 Å². The van der Waals surface area contributed by atoms with Gasteiger partial charge in [0.05, 0.1) is 5.69 Å². The summed E-state index contributed by atoms with van der Waals surface area (Å²) in [6.45, 7) is 6.88. The van der Waals surface area contributed by atoms with E-state index in [4.69, 9.17) is 4.98 Å². The number of hydrogen-bond donors (Lipinski definition) is 1. The zero-order valence-electron chi connectivity index (χ0n) is 16.7. The molecule has 0 radical (unpaired) electrons. The van der Waals surface area contributed by atoms with Crippen LogP contribution in [-0.4, -0.2) is 71.1 Å². The van der Waals surface area contributed by atoms with Crippen molar-refractivity contribution in [3.8, 4) is 0 Å². The molecule has 0 aliphatic carbocycles. The highest BCUT2D eigenvalue weighted by molar-refractivity contribution is 14.0. The summed E-state index contributed by atoms with van der Waals surface area (Å²) in [6, 6.07) is 0.716.